The summed E-state index contributed by atoms with van der Waals surface area (Å²) in [6.07, 6.45) is 1.78. The molecule has 0 aliphatic carbocycles. The van der Waals surface area contributed by atoms with Gasteiger partial charge in [0.2, 0.25) is 0 Å². The minimum Gasteiger partial charge on any atom is -0.220 e. The first-order valence-corrected chi connectivity index (χ1v) is 4.94. The predicted molar refractivity (Wildman–Crippen MR) is 55.9 cm³/mol. The molecule has 0 spiro atoms. The lowest BCUT2D eigenvalue weighted by Crippen LogP contribution is -1.93. The lowest BCUT2D eigenvalue weighted by atomic mass is 10.3. The van der Waals surface area contributed by atoms with E-state index in [0.29, 0.717) is 10.9 Å². The monoisotopic (exact) mass is 227 g/mol. The third-order valence-electron chi connectivity index (χ3n) is 1.75. The van der Waals surface area contributed by atoms with E-state index in [9.17, 15) is 0 Å². The van der Waals surface area contributed by atoms with Crippen molar-refractivity contribution in [2.24, 2.45) is 0 Å². The molecule has 0 saturated carbocycles. The van der Waals surface area contributed by atoms with Crippen LogP contribution in [-0.2, 0) is 5.88 Å². The van der Waals surface area contributed by atoms with Crippen LogP contribution in [0.5, 0.6) is 0 Å². The molecule has 0 amide bonds. The van der Waals surface area contributed by atoms with Gasteiger partial charge in [0.05, 0.1) is 23.5 Å². The summed E-state index contributed by atoms with van der Waals surface area (Å²) in [5.74, 6) is 0.362. The summed E-state index contributed by atoms with van der Waals surface area (Å²) in [4.78, 5) is 0. The standard InChI is InChI=1S/C9H7Cl2N3/c10-5-8-6-14(13-12-8)9-3-1-2-7(11)4-9/h1-4,6H,5H2. The summed E-state index contributed by atoms with van der Waals surface area (Å²) < 4.78 is 1.64. The van der Waals surface area contributed by atoms with Gasteiger partial charge in [-0.2, -0.15) is 0 Å². The summed E-state index contributed by atoms with van der Waals surface area (Å²) in [6.45, 7) is 0. The van der Waals surface area contributed by atoms with Gasteiger partial charge in [0.1, 0.15) is 0 Å². The topological polar surface area (TPSA) is 30.7 Å². The molecule has 1 aromatic heterocycles. The summed E-state index contributed by atoms with van der Waals surface area (Å²) in [5, 5.41) is 8.47. The van der Waals surface area contributed by atoms with Gasteiger partial charge in [0.15, 0.2) is 0 Å². The van der Waals surface area contributed by atoms with Crippen LogP contribution >= 0.6 is 23.2 Å². The Kier molecular flexibility index (Phi) is 2.70. The van der Waals surface area contributed by atoms with Crippen LogP contribution in [-0.4, -0.2) is 15.0 Å². The molecule has 2 rings (SSSR count). The number of nitrogens with zero attached hydrogens (tertiary/aromatic N) is 3. The van der Waals surface area contributed by atoms with Gasteiger partial charge in [-0.25, -0.2) is 4.68 Å². The Morgan fingerprint density at radius 1 is 1.36 bits per heavy atom. The van der Waals surface area contributed by atoms with Crippen LogP contribution in [0.1, 0.15) is 5.69 Å². The number of hydrogen-bond acceptors (Lipinski definition) is 2. The molecule has 2 aromatic rings. The van der Waals surface area contributed by atoms with Crippen LogP contribution in [0.4, 0.5) is 0 Å². The third-order valence-corrected chi connectivity index (χ3v) is 2.26. The Labute approximate surface area is 91.3 Å². The van der Waals surface area contributed by atoms with E-state index in [4.69, 9.17) is 23.2 Å². The van der Waals surface area contributed by atoms with Crippen LogP contribution in [0.15, 0.2) is 30.5 Å². The fourth-order valence-electron chi connectivity index (χ4n) is 1.10. The highest BCUT2D eigenvalue weighted by atomic mass is 35.5. The Morgan fingerprint density at radius 2 is 2.21 bits per heavy atom. The minimum atomic E-state index is 0.362. The molecule has 3 nitrogen and oxygen atoms in total. The molecule has 72 valence electrons. The zero-order valence-corrected chi connectivity index (χ0v) is 8.70. The zero-order valence-electron chi connectivity index (χ0n) is 7.19. The summed E-state index contributed by atoms with van der Waals surface area (Å²) >= 11 is 11.5. The van der Waals surface area contributed by atoms with Gasteiger partial charge in [-0.1, -0.05) is 22.9 Å². The third kappa shape index (κ3) is 1.89. The average Bonchev–Trinajstić information content (AvgIpc) is 2.66. The van der Waals surface area contributed by atoms with Crippen LogP contribution in [0.2, 0.25) is 5.02 Å². The van der Waals surface area contributed by atoms with Crippen LogP contribution in [0, 0.1) is 0 Å². The Hall–Kier alpha value is -1.06. The molecule has 0 atom stereocenters. The fourth-order valence-corrected chi connectivity index (χ4v) is 1.41. The average molecular weight is 228 g/mol. The van der Waals surface area contributed by atoms with Crippen LogP contribution < -0.4 is 0 Å². The molecule has 0 aliphatic heterocycles. The van der Waals surface area contributed by atoms with Crippen LogP contribution in [0.25, 0.3) is 5.69 Å². The van der Waals surface area contributed by atoms with Crippen molar-refractivity contribution in [2.75, 3.05) is 0 Å². The molecule has 0 saturated heterocycles. The smallest absolute Gasteiger partial charge is 0.0979 e. The van der Waals surface area contributed by atoms with E-state index in [1.54, 1.807) is 10.9 Å². The predicted octanol–water partition coefficient (Wildman–Crippen LogP) is 2.66. The molecule has 0 unspecified atom stereocenters. The second kappa shape index (κ2) is 3.98. The number of aromatic nitrogens is 3. The summed E-state index contributed by atoms with van der Waals surface area (Å²) in [6, 6.07) is 7.39. The number of hydrogen-bond donors (Lipinski definition) is 0. The van der Waals surface area contributed by atoms with E-state index in [1.165, 1.54) is 0 Å². The van der Waals surface area contributed by atoms with Crippen molar-refractivity contribution in [1.82, 2.24) is 15.0 Å². The summed E-state index contributed by atoms with van der Waals surface area (Å²) in [5.41, 5.74) is 1.62. The molecule has 1 aromatic carbocycles. The van der Waals surface area contributed by atoms with Gasteiger partial charge in [-0.05, 0) is 18.2 Å². The highest BCUT2D eigenvalue weighted by molar-refractivity contribution is 6.30. The fraction of sp³-hybridized carbons (Fsp3) is 0.111. The van der Waals surface area contributed by atoms with Crippen molar-refractivity contribution in [3.63, 3.8) is 0 Å². The quantitative estimate of drug-likeness (QED) is 0.739. The normalized spacial score (nSPS) is 10.4. The van der Waals surface area contributed by atoms with Crippen molar-refractivity contribution in [3.05, 3.63) is 41.2 Å². The number of alkyl halides is 1. The first kappa shape index (κ1) is 9.49. The highest BCUT2D eigenvalue weighted by Gasteiger charge is 2.01. The molecule has 0 fully saturated rings. The number of benzene rings is 1. The summed E-state index contributed by atoms with van der Waals surface area (Å²) in [7, 11) is 0. The number of halogens is 2. The second-order valence-corrected chi connectivity index (χ2v) is 3.47. The second-order valence-electron chi connectivity index (χ2n) is 2.77. The lowest BCUT2D eigenvalue weighted by Gasteiger charge is -1.98. The van der Waals surface area contributed by atoms with E-state index in [1.807, 2.05) is 24.3 Å². The van der Waals surface area contributed by atoms with E-state index in [2.05, 4.69) is 10.3 Å². The van der Waals surface area contributed by atoms with Crippen molar-refractivity contribution >= 4 is 23.2 Å². The molecule has 0 bridgehead atoms. The van der Waals surface area contributed by atoms with Crippen molar-refractivity contribution in [3.8, 4) is 5.69 Å². The maximum absolute atomic E-state index is 5.85. The lowest BCUT2D eigenvalue weighted by molar-refractivity contribution is 0.800. The van der Waals surface area contributed by atoms with Crippen molar-refractivity contribution in [2.45, 2.75) is 5.88 Å². The van der Waals surface area contributed by atoms with Gasteiger partial charge in [-0.3, -0.25) is 0 Å². The molecule has 0 aliphatic rings. The van der Waals surface area contributed by atoms with Gasteiger partial charge in [-0.15, -0.1) is 16.7 Å². The Bertz CT molecular complexity index is 439. The molecule has 0 N–H and O–H groups in total. The maximum atomic E-state index is 5.85. The number of rotatable bonds is 2. The largest absolute Gasteiger partial charge is 0.220 e. The SMILES string of the molecule is ClCc1cn(-c2cccc(Cl)c2)nn1. The van der Waals surface area contributed by atoms with E-state index < -0.39 is 0 Å². The molecular formula is C9H7Cl2N3. The molecule has 14 heavy (non-hydrogen) atoms. The first-order valence-electron chi connectivity index (χ1n) is 4.03. The van der Waals surface area contributed by atoms with E-state index >= 15 is 0 Å². The molecular weight excluding hydrogens is 221 g/mol. The minimum absolute atomic E-state index is 0.362. The zero-order chi connectivity index (χ0) is 9.97. The van der Waals surface area contributed by atoms with Crippen molar-refractivity contribution < 1.29 is 0 Å². The Morgan fingerprint density at radius 3 is 2.86 bits per heavy atom. The molecule has 0 radical (unpaired) electrons. The van der Waals surface area contributed by atoms with Gasteiger partial charge >= 0.3 is 0 Å². The first-order chi connectivity index (χ1) is 6.79. The van der Waals surface area contributed by atoms with E-state index in [0.717, 1.165) is 11.4 Å². The maximum Gasteiger partial charge on any atom is 0.0979 e. The highest BCUT2D eigenvalue weighted by Crippen LogP contribution is 2.14. The van der Waals surface area contributed by atoms with Crippen LogP contribution in [0.3, 0.4) is 0 Å². The van der Waals surface area contributed by atoms with Crippen molar-refractivity contribution in [1.29, 1.82) is 0 Å². The molecule has 5 heteroatoms. The van der Waals surface area contributed by atoms with Gasteiger partial charge in [0.25, 0.3) is 0 Å². The van der Waals surface area contributed by atoms with E-state index in [-0.39, 0.29) is 0 Å². The Balaban J connectivity index is 2.39. The molecule has 1 heterocycles. The van der Waals surface area contributed by atoms with Gasteiger partial charge < -0.3 is 0 Å². The van der Waals surface area contributed by atoms with Gasteiger partial charge in [0, 0.05) is 5.02 Å².